The van der Waals surface area contributed by atoms with Gasteiger partial charge >= 0.3 is 0 Å². The molecule has 0 fully saturated rings. The Bertz CT molecular complexity index is 586. The van der Waals surface area contributed by atoms with Gasteiger partial charge in [0, 0.05) is 5.02 Å². The van der Waals surface area contributed by atoms with Crippen LogP contribution in [0.15, 0.2) is 16.7 Å². The minimum Gasteiger partial charge on any atom is -0.397 e. The summed E-state index contributed by atoms with van der Waals surface area (Å²) in [5, 5.41) is 5.27. The summed E-state index contributed by atoms with van der Waals surface area (Å²) in [6, 6.07) is 3.24. The van der Waals surface area contributed by atoms with E-state index >= 15 is 0 Å². The first-order valence-electron chi connectivity index (χ1n) is 5.66. The van der Waals surface area contributed by atoms with Gasteiger partial charge in [-0.05, 0) is 17.4 Å². The van der Waals surface area contributed by atoms with Crippen LogP contribution < -0.4 is 5.73 Å². The van der Waals surface area contributed by atoms with Gasteiger partial charge in [-0.1, -0.05) is 42.2 Å². The summed E-state index contributed by atoms with van der Waals surface area (Å²) in [4.78, 5) is 4.30. The molecule has 0 aliphatic carbocycles. The summed E-state index contributed by atoms with van der Waals surface area (Å²) in [6.07, 6.45) is 0. The summed E-state index contributed by atoms with van der Waals surface area (Å²) in [7, 11) is 0. The van der Waals surface area contributed by atoms with Gasteiger partial charge in [0.2, 0.25) is 0 Å². The van der Waals surface area contributed by atoms with Crippen molar-refractivity contribution in [2.75, 3.05) is 5.73 Å². The van der Waals surface area contributed by atoms with Crippen LogP contribution in [-0.2, 0) is 5.75 Å². The molecule has 0 spiro atoms. The monoisotopic (exact) mass is 317 g/mol. The number of nitrogens with zero attached hydrogens (tertiary/aromatic N) is 2. The van der Waals surface area contributed by atoms with Crippen LogP contribution in [0, 0.1) is 0 Å². The first-order chi connectivity index (χ1) is 8.97. The maximum absolute atomic E-state index is 5.98. The van der Waals surface area contributed by atoms with E-state index in [-0.39, 0.29) is 0 Å². The number of halogens is 2. The lowest BCUT2D eigenvalue weighted by Gasteiger charge is -2.03. The minimum absolute atomic E-state index is 0.334. The predicted molar refractivity (Wildman–Crippen MR) is 80.6 cm³/mol. The van der Waals surface area contributed by atoms with Crippen molar-refractivity contribution >= 4 is 40.7 Å². The van der Waals surface area contributed by atoms with Gasteiger partial charge in [-0.25, -0.2) is 0 Å². The number of thioether (sulfide) groups is 1. The molecule has 0 unspecified atom stereocenters. The zero-order valence-electron chi connectivity index (χ0n) is 10.5. The first kappa shape index (κ1) is 14.5. The molecule has 2 rings (SSSR count). The van der Waals surface area contributed by atoms with Crippen LogP contribution in [0.2, 0.25) is 10.0 Å². The van der Waals surface area contributed by atoms with E-state index in [0.29, 0.717) is 44.0 Å². The van der Waals surface area contributed by atoms with Crippen molar-refractivity contribution < 1.29 is 4.52 Å². The van der Waals surface area contributed by atoms with E-state index in [2.05, 4.69) is 24.0 Å². The summed E-state index contributed by atoms with van der Waals surface area (Å²) in [5.41, 5.74) is 6.84. The molecule has 102 valence electrons. The molecule has 0 atom stereocenters. The van der Waals surface area contributed by atoms with E-state index in [9.17, 15) is 0 Å². The Hall–Kier alpha value is -0.910. The van der Waals surface area contributed by atoms with E-state index in [0.717, 1.165) is 0 Å². The van der Waals surface area contributed by atoms with Gasteiger partial charge < -0.3 is 10.3 Å². The highest BCUT2D eigenvalue weighted by Gasteiger charge is 2.15. The molecule has 0 radical (unpaired) electrons. The third-order valence-electron chi connectivity index (χ3n) is 2.34. The molecular weight excluding hydrogens is 305 g/mol. The summed E-state index contributed by atoms with van der Waals surface area (Å²) < 4.78 is 5.20. The molecule has 7 heteroatoms. The largest absolute Gasteiger partial charge is 0.397 e. The van der Waals surface area contributed by atoms with Gasteiger partial charge in [0.25, 0.3) is 5.89 Å². The van der Waals surface area contributed by atoms with Gasteiger partial charge in [-0.2, -0.15) is 16.7 Å². The Kier molecular flexibility index (Phi) is 4.60. The zero-order chi connectivity index (χ0) is 14.0. The van der Waals surface area contributed by atoms with Crippen LogP contribution in [0.25, 0.3) is 11.5 Å². The third-order valence-corrected chi connectivity index (χ3v) is 3.96. The fourth-order valence-electron chi connectivity index (χ4n) is 1.42. The summed E-state index contributed by atoms with van der Waals surface area (Å²) in [5.74, 6) is 1.65. The average Bonchev–Trinajstić information content (AvgIpc) is 2.79. The molecule has 0 saturated carbocycles. The number of hydrogen-bond acceptors (Lipinski definition) is 5. The van der Waals surface area contributed by atoms with Gasteiger partial charge in [0.1, 0.15) is 0 Å². The van der Waals surface area contributed by atoms with E-state index in [1.165, 1.54) is 0 Å². The second-order valence-electron chi connectivity index (χ2n) is 4.22. The highest BCUT2D eigenvalue weighted by Crippen LogP contribution is 2.34. The molecule has 0 amide bonds. The summed E-state index contributed by atoms with van der Waals surface area (Å²) in [6.45, 7) is 4.22. The number of nitrogen functional groups attached to an aromatic ring is 1. The zero-order valence-corrected chi connectivity index (χ0v) is 12.8. The normalized spacial score (nSPS) is 11.2. The van der Waals surface area contributed by atoms with Crippen LogP contribution in [0.5, 0.6) is 0 Å². The van der Waals surface area contributed by atoms with Crippen molar-refractivity contribution in [3.63, 3.8) is 0 Å². The van der Waals surface area contributed by atoms with Gasteiger partial charge in [-0.3, -0.25) is 0 Å². The number of nitrogens with two attached hydrogens (primary N) is 1. The van der Waals surface area contributed by atoms with E-state index in [1.807, 2.05) is 0 Å². The molecule has 2 N–H and O–H groups in total. The van der Waals surface area contributed by atoms with E-state index in [1.54, 1.807) is 23.9 Å². The lowest BCUT2D eigenvalue weighted by Crippen LogP contribution is -1.93. The lowest BCUT2D eigenvalue weighted by molar-refractivity contribution is 0.425. The SMILES string of the molecule is CC(C)SCc1noc(-c2cc(Cl)cc(Cl)c2N)n1. The molecule has 1 aromatic heterocycles. The summed E-state index contributed by atoms with van der Waals surface area (Å²) >= 11 is 13.7. The quantitative estimate of drug-likeness (QED) is 0.853. The topological polar surface area (TPSA) is 64.9 Å². The van der Waals surface area contributed by atoms with Crippen molar-refractivity contribution in [3.8, 4) is 11.5 Å². The molecule has 0 saturated heterocycles. The Labute approximate surface area is 125 Å². The first-order valence-corrected chi connectivity index (χ1v) is 7.47. The van der Waals surface area contributed by atoms with E-state index in [4.69, 9.17) is 33.5 Å². The second kappa shape index (κ2) is 6.03. The maximum atomic E-state index is 5.98. The van der Waals surface area contributed by atoms with Gasteiger partial charge in [0.15, 0.2) is 5.82 Å². The Morgan fingerprint density at radius 2 is 2.11 bits per heavy atom. The molecule has 1 aromatic carbocycles. The molecule has 2 aromatic rings. The number of aromatic nitrogens is 2. The van der Waals surface area contributed by atoms with Crippen LogP contribution in [0.4, 0.5) is 5.69 Å². The highest BCUT2D eigenvalue weighted by molar-refractivity contribution is 7.99. The fraction of sp³-hybridized carbons (Fsp3) is 0.333. The molecule has 0 aliphatic rings. The number of anilines is 1. The molecular formula is C12H13Cl2N3OS. The van der Waals surface area contributed by atoms with E-state index < -0.39 is 0 Å². The maximum Gasteiger partial charge on any atom is 0.260 e. The molecule has 4 nitrogen and oxygen atoms in total. The smallest absolute Gasteiger partial charge is 0.260 e. The molecule has 0 aliphatic heterocycles. The Morgan fingerprint density at radius 1 is 1.37 bits per heavy atom. The van der Waals surface area contributed by atoms with Crippen molar-refractivity contribution in [3.05, 3.63) is 28.0 Å². The van der Waals surface area contributed by atoms with Gasteiger partial charge in [0.05, 0.1) is 22.0 Å². The molecule has 0 bridgehead atoms. The fourth-order valence-corrected chi connectivity index (χ4v) is 2.52. The van der Waals surface area contributed by atoms with Crippen LogP contribution in [0.1, 0.15) is 19.7 Å². The van der Waals surface area contributed by atoms with Crippen LogP contribution in [-0.4, -0.2) is 15.4 Å². The van der Waals surface area contributed by atoms with Crippen molar-refractivity contribution in [2.24, 2.45) is 0 Å². The standard InChI is InChI=1S/C12H13Cl2N3OS/c1-6(2)19-5-10-16-12(18-17-10)8-3-7(13)4-9(14)11(8)15/h3-4,6H,5,15H2,1-2H3. The average molecular weight is 318 g/mol. The van der Waals surface area contributed by atoms with Crippen molar-refractivity contribution in [1.82, 2.24) is 10.1 Å². The highest BCUT2D eigenvalue weighted by atomic mass is 35.5. The Morgan fingerprint density at radius 3 is 2.79 bits per heavy atom. The predicted octanol–water partition coefficient (Wildman–Crippen LogP) is 4.27. The lowest BCUT2D eigenvalue weighted by atomic mass is 10.2. The Balaban J connectivity index is 2.28. The second-order valence-corrected chi connectivity index (χ2v) is 6.63. The minimum atomic E-state index is 0.334. The van der Waals surface area contributed by atoms with Crippen LogP contribution in [0.3, 0.4) is 0 Å². The molecule has 1 heterocycles. The third kappa shape index (κ3) is 3.55. The number of rotatable bonds is 4. The van der Waals surface area contributed by atoms with Crippen LogP contribution >= 0.6 is 35.0 Å². The van der Waals surface area contributed by atoms with Gasteiger partial charge in [-0.15, -0.1) is 0 Å². The van der Waals surface area contributed by atoms with Crippen molar-refractivity contribution in [2.45, 2.75) is 24.9 Å². The van der Waals surface area contributed by atoms with Crippen molar-refractivity contribution in [1.29, 1.82) is 0 Å². The number of hydrogen-bond donors (Lipinski definition) is 1. The molecule has 19 heavy (non-hydrogen) atoms. The number of benzene rings is 1.